The van der Waals surface area contributed by atoms with Crippen molar-refractivity contribution in [1.82, 2.24) is 0 Å². The predicted molar refractivity (Wildman–Crippen MR) is 243 cm³/mol. The molecule has 0 aromatic heterocycles. The zero-order chi connectivity index (χ0) is 36.5. The first kappa shape index (κ1) is 30.1. The summed E-state index contributed by atoms with van der Waals surface area (Å²) >= 11 is 0. The van der Waals surface area contributed by atoms with Gasteiger partial charge in [-0.25, -0.2) is 0 Å². The molecular weight excluding hydrogens is 673 g/mol. The zero-order valence-electron chi connectivity index (χ0n) is 30.5. The summed E-state index contributed by atoms with van der Waals surface area (Å²) < 4.78 is 0. The van der Waals surface area contributed by atoms with E-state index >= 15 is 0 Å². The Kier molecular flexibility index (Phi) is 5.98. The predicted octanol–water partition coefficient (Wildman–Crippen LogP) is 15.9. The van der Waals surface area contributed by atoms with E-state index in [1.807, 2.05) is 0 Å². The van der Waals surface area contributed by atoms with E-state index in [2.05, 4.69) is 194 Å². The van der Waals surface area contributed by atoms with Gasteiger partial charge >= 0.3 is 0 Å². The Bertz CT molecular complexity index is 3570. The van der Waals surface area contributed by atoms with Gasteiger partial charge in [-0.05, 0) is 155 Å². The van der Waals surface area contributed by atoms with Gasteiger partial charge < -0.3 is 0 Å². The number of hydrogen-bond acceptors (Lipinski definition) is 0. The van der Waals surface area contributed by atoms with E-state index in [-0.39, 0.29) is 0 Å². The van der Waals surface area contributed by atoms with Crippen LogP contribution in [0.15, 0.2) is 194 Å². The highest BCUT2D eigenvalue weighted by molar-refractivity contribution is 6.28. The van der Waals surface area contributed by atoms with Crippen molar-refractivity contribution in [2.24, 2.45) is 0 Å². The molecule has 0 radical (unpaired) electrons. The first-order valence-electron chi connectivity index (χ1n) is 19.6. The minimum atomic E-state index is 1.25. The summed E-state index contributed by atoms with van der Waals surface area (Å²) in [6.45, 7) is 0. The number of benzene rings is 13. The van der Waals surface area contributed by atoms with Gasteiger partial charge in [-0.3, -0.25) is 0 Å². The van der Waals surface area contributed by atoms with E-state index in [4.69, 9.17) is 0 Å². The number of fused-ring (bicyclic) bond motifs is 3. The van der Waals surface area contributed by atoms with E-state index < -0.39 is 0 Å². The van der Waals surface area contributed by atoms with Crippen LogP contribution in [0.5, 0.6) is 0 Å². The van der Waals surface area contributed by atoms with Gasteiger partial charge in [-0.1, -0.05) is 170 Å². The lowest BCUT2D eigenvalue weighted by Crippen LogP contribution is -1.93. The fourth-order valence-corrected chi connectivity index (χ4v) is 10.3. The number of rotatable bonds is 3. The van der Waals surface area contributed by atoms with E-state index in [9.17, 15) is 0 Å². The van der Waals surface area contributed by atoms with Gasteiger partial charge in [0, 0.05) is 0 Å². The summed E-state index contributed by atoms with van der Waals surface area (Å²) in [4.78, 5) is 0. The molecule has 0 atom stereocenters. The number of hydrogen-bond donors (Lipinski definition) is 0. The van der Waals surface area contributed by atoms with Crippen molar-refractivity contribution >= 4 is 97.0 Å². The lowest BCUT2D eigenvalue weighted by molar-refractivity contribution is 1.67. The fourth-order valence-electron chi connectivity index (χ4n) is 10.3. The standard InChI is InChI=1S/C56H32/c1-2-14-45-44(13-1)43(41-29-37-23-19-33-9-7-10-34-20-24-38(30-41)53(37)51(33)34)27-28-50(45)56-48-17-5-3-15-46(48)55(47-16-4-6-18-49(47)56)42-31-39-25-21-35-11-8-12-36-22-26-40(32-42)54(39)52(35)36/h1-32H. The van der Waals surface area contributed by atoms with E-state index in [0.717, 1.165) is 0 Å². The van der Waals surface area contributed by atoms with Crippen LogP contribution >= 0.6 is 0 Å². The maximum Gasteiger partial charge on any atom is -0.00201 e. The summed E-state index contributed by atoms with van der Waals surface area (Å²) in [5.41, 5.74) is 7.60. The van der Waals surface area contributed by atoms with E-state index in [0.29, 0.717) is 0 Å². The Balaban J connectivity index is 1.06. The maximum atomic E-state index is 2.42. The Morgan fingerprint density at radius 1 is 0.196 bits per heavy atom. The smallest absolute Gasteiger partial charge is 0.00201 e. The van der Waals surface area contributed by atoms with E-state index in [1.54, 1.807) is 0 Å². The second-order valence-corrected chi connectivity index (χ2v) is 15.6. The molecule has 0 fully saturated rings. The van der Waals surface area contributed by atoms with Crippen molar-refractivity contribution < 1.29 is 0 Å². The molecule has 0 aliphatic rings. The molecular formula is C56H32. The van der Waals surface area contributed by atoms with Gasteiger partial charge in [0.15, 0.2) is 0 Å². The molecule has 13 aromatic rings. The first-order valence-corrected chi connectivity index (χ1v) is 19.6. The van der Waals surface area contributed by atoms with Gasteiger partial charge in [0.2, 0.25) is 0 Å². The second-order valence-electron chi connectivity index (χ2n) is 15.6. The molecule has 0 nitrogen and oxygen atoms in total. The van der Waals surface area contributed by atoms with Crippen molar-refractivity contribution in [2.75, 3.05) is 0 Å². The van der Waals surface area contributed by atoms with Crippen LogP contribution in [0.1, 0.15) is 0 Å². The monoisotopic (exact) mass is 704 g/mol. The molecule has 13 aromatic carbocycles. The van der Waals surface area contributed by atoms with Gasteiger partial charge in [0.05, 0.1) is 0 Å². The highest BCUT2D eigenvalue weighted by Gasteiger charge is 2.21. The summed E-state index contributed by atoms with van der Waals surface area (Å²) in [6, 6.07) is 73.0. The molecule has 56 heavy (non-hydrogen) atoms. The summed E-state index contributed by atoms with van der Waals surface area (Å²) in [5, 5.41) is 23.4. The summed E-state index contributed by atoms with van der Waals surface area (Å²) in [7, 11) is 0. The highest BCUT2D eigenvalue weighted by Crippen LogP contribution is 2.48. The van der Waals surface area contributed by atoms with Crippen molar-refractivity contribution in [1.29, 1.82) is 0 Å². The third kappa shape index (κ3) is 4.08. The van der Waals surface area contributed by atoms with Crippen LogP contribution in [0.4, 0.5) is 0 Å². The molecule has 0 bridgehead atoms. The van der Waals surface area contributed by atoms with E-state index in [1.165, 1.54) is 130 Å². The van der Waals surface area contributed by atoms with Crippen LogP contribution in [0.25, 0.3) is 130 Å². The van der Waals surface area contributed by atoms with Crippen LogP contribution < -0.4 is 0 Å². The van der Waals surface area contributed by atoms with Crippen LogP contribution in [-0.4, -0.2) is 0 Å². The second kappa shape index (κ2) is 11.1. The van der Waals surface area contributed by atoms with Gasteiger partial charge in [0.25, 0.3) is 0 Å². The topological polar surface area (TPSA) is 0 Å². The minimum absolute atomic E-state index is 1.25. The molecule has 0 aliphatic heterocycles. The lowest BCUT2D eigenvalue weighted by Gasteiger charge is -2.20. The Hall–Kier alpha value is -7.28. The molecule has 256 valence electrons. The molecule has 0 N–H and O–H groups in total. The van der Waals surface area contributed by atoms with Crippen molar-refractivity contribution in [3.8, 4) is 33.4 Å². The molecule has 0 heterocycles. The lowest BCUT2D eigenvalue weighted by atomic mass is 9.82. The molecule has 0 saturated carbocycles. The van der Waals surface area contributed by atoms with Crippen molar-refractivity contribution in [3.63, 3.8) is 0 Å². The molecule has 0 unspecified atom stereocenters. The SMILES string of the molecule is c1cc2ccc3cc(-c4ccc(-c5c6ccccc6c(-c6cc7ccc8cccc9ccc(c6)c7c89)c6ccccc56)c5ccccc45)cc4ccc(c1)c2c34. The van der Waals surface area contributed by atoms with Crippen molar-refractivity contribution in [3.05, 3.63) is 194 Å². The Labute approximate surface area is 323 Å². The quantitative estimate of drug-likeness (QED) is 0.127. The molecule has 0 aliphatic carbocycles. The summed E-state index contributed by atoms with van der Waals surface area (Å²) in [5.74, 6) is 0. The largest absolute Gasteiger partial charge is 0.0616 e. The first-order chi connectivity index (χ1) is 27.8. The molecule has 0 heteroatoms. The summed E-state index contributed by atoms with van der Waals surface area (Å²) in [6.07, 6.45) is 0. The van der Waals surface area contributed by atoms with Crippen LogP contribution in [0.2, 0.25) is 0 Å². The average molecular weight is 705 g/mol. The van der Waals surface area contributed by atoms with Crippen LogP contribution in [-0.2, 0) is 0 Å². The zero-order valence-corrected chi connectivity index (χ0v) is 30.5. The fraction of sp³-hybridized carbons (Fsp3) is 0. The van der Waals surface area contributed by atoms with Gasteiger partial charge in [0.1, 0.15) is 0 Å². The minimum Gasteiger partial charge on any atom is -0.0616 e. The van der Waals surface area contributed by atoms with Gasteiger partial charge in [-0.15, -0.1) is 0 Å². The maximum absolute atomic E-state index is 2.42. The molecule has 0 saturated heterocycles. The van der Waals surface area contributed by atoms with Gasteiger partial charge in [-0.2, -0.15) is 0 Å². The average Bonchev–Trinajstić information content (AvgIpc) is 3.26. The molecule has 0 amide bonds. The Morgan fingerprint density at radius 3 is 0.964 bits per heavy atom. The molecule has 0 spiro atoms. The van der Waals surface area contributed by atoms with Crippen LogP contribution in [0, 0.1) is 0 Å². The van der Waals surface area contributed by atoms with Crippen molar-refractivity contribution in [2.45, 2.75) is 0 Å². The third-order valence-corrected chi connectivity index (χ3v) is 12.7. The Morgan fingerprint density at radius 2 is 0.518 bits per heavy atom. The third-order valence-electron chi connectivity index (χ3n) is 12.7. The normalized spacial score (nSPS) is 12.3. The molecule has 13 rings (SSSR count). The highest BCUT2D eigenvalue weighted by atomic mass is 14.2. The van der Waals surface area contributed by atoms with Crippen LogP contribution in [0.3, 0.4) is 0 Å².